The molecule has 0 aromatic heterocycles. The summed E-state index contributed by atoms with van der Waals surface area (Å²) in [5, 5.41) is 0. The number of alkyl halides is 3. The van der Waals surface area contributed by atoms with Gasteiger partial charge >= 0.3 is 5.51 Å². The molecule has 0 aromatic carbocycles. The molecule has 0 aromatic rings. The predicted molar refractivity (Wildman–Crippen MR) is 56.6 cm³/mol. The Hall–Kier alpha value is -0.830. The Morgan fingerprint density at radius 2 is 1.76 bits per heavy atom. The minimum atomic E-state index is -6.09. The molecule has 0 fully saturated rings. The molecule has 0 radical (unpaired) electrons. The number of nitrogens with two attached hydrogens (primary N) is 1. The lowest BCUT2D eigenvalue weighted by Gasteiger charge is -2.08. The number of hydrogen-bond donors (Lipinski definition) is 1. The van der Waals surface area contributed by atoms with Gasteiger partial charge in [-0.15, -0.1) is 0 Å². The van der Waals surface area contributed by atoms with Crippen molar-refractivity contribution in [2.24, 2.45) is 5.73 Å². The van der Waals surface area contributed by atoms with Crippen molar-refractivity contribution < 1.29 is 30.7 Å². The summed E-state index contributed by atoms with van der Waals surface area (Å²) in [6.07, 6.45) is 2.46. The lowest BCUT2D eigenvalue weighted by Crippen LogP contribution is -2.22. The molecular formula is C8H17F3N2O3S. The molecule has 2 N–H and O–H groups in total. The van der Waals surface area contributed by atoms with Crippen molar-refractivity contribution in [3.8, 4) is 0 Å². The lowest BCUT2D eigenvalue weighted by atomic mass is 10.3. The smallest absolute Gasteiger partial charge is 0.485 e. The lowest BCUT2D eigenvalue weighted by molar-refractivity contribution is -0.499. The fraction of sp³-hybridized carbons (Fsp3) is 0.875. The van der Waals surface area contributed by atoms with Crippen LogP contribution in [0.25, 0.3) is 0 Å². The maximum Gasteiger partial charge on any atom is 0.485 e. The predicted octanol–water partition coefficient (Wildman–Crippen LogP) is 0.857. The normalized spacial score (nSPS) is 13.6. The second kappa shape index (κ2) is 7.49. The van der Waals surface area contributed by atoms with E-state index in [0.29, 0.717) is 0 Å². The van der Waals surface area contributed by atoms with E-state index >= 15 is 0 Å². The van der Waals surface area contributed by atoms with E-state index in [1.54, 1.807) is 0 Å². The highest BCUT2D eigenvalue weighted by atomic mass is 32.2. The van der Waals surface area contributed by atoms with Gasteiger partial charge in [-0.3, -0.25) is 10.3 Å². The maximum atomic E-state index is 10.7. The number of rotatable bonds is 3. The van der Waals surface area contributed by atoms with E-state index in [1.165, 1.54) is 12.8 Å². The highest BCUT2D eigenvalue weighted by Crippen LogP contribution is 2.20. The van der Waals surface area contributed by atoms with E-state index < -0.39 is 15.6 Å². The molecular weight excluding hydrogens is 261 g/mol. The average molecular weight is 278 g/mol. The maximum absolute atomic E-state index is 10.7. The molecule has 17 heavy (non-hydrogen) atoms. The Labute approximate surface area is 98.9 Å². The second-order valence-electron chi connectivity index (χ2n) is 3.32. The van der Waals surface area contributed by atoms with Gasteiger partial charge in [0.1, 0.15) is 0 Å². The van der Waals surface area contributed by atoms with Gasteiger partial charge in [-0.25, -0.2) is 8.42 Å². The number of nitrogens with zero attached hydrogens (tertiary/aromatic N) is 1. The van der Waals surface area contributed by atoms with E-state index in [-0.39, 0.29) is 0 Å². The SMILES string of the molecule is CCCC[N+](C)=C(C)N.O=S(=O)([O-])C(F)(F)F. The van der Waals surface area contributed by atoms with Gasteiger partial charge in [-0.2, -0.15) is 13.2 Å². The van der Waals surface area contributed by atoms with Gasteiger partial charge in [0.05, 0.1) is 13.6 Å². The van der Waals surface area contributed by atoms with Crippen LogP contribution in [0, 0.1) is 0 Å². The molecule has 0 aliphatic heterocycles. The van der Waals surface area contributed by atoms with Gasteiger partial charge in [0, 0.05) is 6.92 Å². The number of halogens is 3. The summed E-state index contributed by atoms with van der Waals surface area (Å²) in [7, 11) is -4.07. The van der Waals surface area contributed by atoms with E-state index in [4.69, 9.17) is 18.7 Å². The van der Waals surface area contributed by atoms with Crippen LogP contribution in [0.3, 0.4) is 0 Å². The topological polar surface area (TPSA) is 86.2 Å². The van der Waals surface area contributed by atoms with Crippen LogP contribution in [0.15, 0.2) is 0 Å². The molecule has 0 bridgehead atoms. The van der Waals surface area contributed by atoms with Crippen molar-refractivity contribution in [2.45, 2.75) is 32.2 Å². The first-order valence-corrected chi connectivity index (χ1v) is 6.16. The minimum Gasteiger partial charge on any atom is -0.741 e. The van der Waals surface area contributed by atoms with E-state index in [0.717, 1.165) is 12.4 Å². The quantitative estimate of drug-likeness (QED) is 0.273. The Morgan fingerprint density at radius 3 is 1.94 bits per heavy atom. The molecule has 0 aliphatic rings. The zero-order valence-corrected chi connectivity index (χ0v) is 10.7. The Kier molecular flexibility index (Phi) is 8.16. The van der Waals surface area contributed by atoms with Crippen molar-refractivity contribution in [1.82, 2.24) is 0 Å². The van der Waals surface area contributed by atoms with E-state index in [9.17, 15) is 13.2 Å². The minimum absolute atomic E-state index is 0.906. The summed E-state index contributed by atoms with van der Waals surface area (Å²) in [6, 6.07) is 0. The molecule has 0 unspecified atom stereocenters. The molecule has 5 nitrogen and oxygen atoms in total. The molecule has 104 valence electrons. The number of unbranched alkanes of at least 4 members (excludes halogenated alkanes) is 1. The Bertz CT molecular complexity index is 346. The summed E-state index contributed by atoms with van der Waals surface area (Å²) < 4.78 is 61.0. The summed E-state index contributed by atoms with van der Waals surface area (Å²) in [6.45, 7) is 5.19. The van der Waals surface area contributed by atoms with Gasteiger partial charge in [-0.1, -0.05) is 13.3 Å². The van der Waals surface area contributed by atoms with Crippen LogP contribution in [-0.2, 0) is 10.1 Å². The fourth-order valence-electron chi connectivity index (χ4n) is 0.572. The van der Waals surface area contributed by atoms with Crippen LogP contribution in [-0.4, -0.2) is 42.5 Å². The van der Waals surface area contributed by atoms with Crippen LogP contribution < -0.4 is 5.73 Å². The molecule has 0 rings (SSSR count). The first-order chi connectivity index (χ1) is 7.43. The largest absolute Gasteiger partial charge is 0.741 e. The molecule has 0 heterocycles. The van der Waals surface area contributed by atoms with Crippen LogP contribution >= 0.6 is 0 Å². The van der Waals surface area contributed by atoms with Crippen molar-refractivity contribution in [3.05, 3.63) is 0 Å². The first kappa shape index (κ1) is 18.5. The molecule has 0 atom stereocenters. The van der Waals surface area contributed by atoms with Gasteiger partial charge in [-0.05, 0) is 6.42 Å². The highest BCUT2D eigenvalue weighted by molar-refractivity contribution is 7.86. The van der Waals surface area contributed by atoms with Crippen LogP contribution in [0.1, 0.15) is 26.7 Å². The van der Waals surface area contributed by atoms with E-state index in [1.807, 2.05) is 14.0 Å². The molecule has 0 saturated heterocycles. The van der Waals surface area contributed by atoms with Gasteiger partial charge in [0.15, 0.2) is 10.1 Å². The van der Waals surface area contributed by atoms with Crippen molar-refractivity contribution >= 4 is 16.0 Å². The van der Waals surface area contributed by atoms with Crippen LogP contribution in [0.5, 0.6) is 0 Å². The second-order valence-corrected chi connectivity index (χ2v) is 4.69. The van der Waals surface area contributed by atoms with Crippen LogP contribution in [0.2, 0.25) is 0 Å². The van der Waals surface area contributed by atoms with Gasteiger partial charge in [0.25, 0.3) is 0 Å². The standard InChI is InChI=1S/C7H16N2.CHF3O3S/c1-4-5-6-9(3)7(2)8;2-1(3,4)8(5,6)7/h8H,4-6H2,1-3H3;(H,5,6,7). The number of amidine groups is 1. The zero-order chi connectivity index (χ0) is 14.3. The third kappa shape index (κ3) is 10.1. The van der Waals surface area contributed by atoms with E-state index in [2.05, 4.69) is 11.5 Å². The van der Waals surface area contributed by atoms with Crippen LogP contribution in [0.4, 0.5) is 13.2 Å². The van der Waals surface area contributed by atoms with Gasteiger partial charge in [0.2, 0.25) is 5.84 Å². The zero-order valence-electron chi connectivity index (χ0n) is 9.91. The molecule has 0 spiro atoms. The summed E-state index contributed by atoms with van der Waals surface area (Å²) in [5.41, 5.74) is -0.127. The summed E-state index contributed by atoms with van der Waals surface area (Å²) >= 11 is 0. The van der Waals surface area contributed by atoms with Crippen molar-refractivity contribution in [1.29, 1.82) is 0 Å². The fourth-order valence-corrected chi connectivity index (χ4v) is 0.572. The monoisotopic (exact) mass is 278 g/mol. The highest BCUT2D eigenvalue weighted by Gasteiger charge is 2.36. The third-order valence-electron chi connectivity index (χ3n) is 1.73. The molecule has 0 saturated carbocycles. The summed E-state index contributed by atoms with van der Waals surface area (Å²) in [5.74, 6) is 0.906. The van der Waals surface area contributed by atoms with Crippen molar-refractivity contribution in [2.75, 3.05) is 13.6 Å². The molecule has 0 aliphatic carbocycles. The first-order valence-electron chi connectivity index (χ1n) is 4.75. The Balaban J connectivity index is 0. The molecule has 0 amide bonds. The Morgan fingerprint density at radius 1 is 1.41 bits per heavy atom. The average Bonchev–Trinajstić information content (AvgIpc) is 2.11. The van der Waals surface area contributed by atoms with Gasteiger partial charge < -0.3 is 4.55 Å². The number of hydrogen-bond acceptors (Lipinski definition) is 3. The molecule has 9 heteroatoms. The van der Waals surface area contributed by atoms with Crippen molar-refractivity contribution in [3.63, 3.8) is 0 Å². The third-order valence-corrected chi connectivity index (χ3v) is 2.30. The summed E-state index contributed by atoms with van der Waals surface area (Å²) in [4.78, 5) is 0.